The molecule has 1 aromatic heterocycles. The number of nitrogens with zero attached hydrogens (tertiary/aromatic N) is 2. The predicted molar refractivity (Wildman–Crippen MR) is 77.1 cm³/mol. The molecule has 5 heteroatoms. The minimum absolute atomic E-state index is 0.283. The maximum atomic E-state index is 5.67. The molecule has 2 rings (SSSR count). The Hall–Kier alpha value is -2.01. The van der Waals surface area contributed by atoms with Gasteiger partial charge in [-0.1, -0.05) is 30.4 Å². The van der Waals surface area contributed by atoms with E-state index in [9.17, 15) is 0 Å². The van der Waals surface area contributed by atoms with E-state index in [0.717, 1.165) is 11.3 Å². The van der Waals surface area contributed by atoms with Crippen molar-refractivity contribution in [3.05, 3.63) is 47.4 Å². The van der Waals surface area contributed by atoms with Crippen LogP contribution in [0.15, 0.2) is 30.5 Å². The average molecular weight is 258 g/mol. The summed E-state index contributed by atoms with van der Waals surface area (Å²) in [5.41, 5.74) is 8.43. The Balaban J connectivity index is 2.42. The number of aryl methyl sites for hydroxylation is 2. The summed E-state index contributed by atoms with van der Waals surface area (Å²) in [5, 5.41) is 3.24. The molecule has 0 unspecified atom stereocenters. The number of anilines is 2. The van der Waals surface area contributed by atoms with Gasteiger partial charge in [-0.2, -0.15) is 0 Å². The van der Waals surface area contributed by atoms with Crippen LogP contribution in [0.4, 0.5) is 11.5 Å². The van der Waals surface area contributed by atoms with Crippen molar-refractivity contribution in [2.24, 2.45) is 5.73 Å². The number of nitrogens with one attached hydrogen (secondary N) is 1. The fourth-order valence-electron chi connectivity index (χ4n) is 1.59. The van der Waals surface area contributed by atoms with Crippen molar-refractivity contribution in [3.63, 3.8) is 0 Å². The highest BCUT2D eigenvalue weighted by Crippen LogP contribution is 2.21. The lowest BCUT2D eigenvalue weighted by Gasteiger charge is -2.12. The van der Waals surface area contributed by atoms with Gasteiger partial charge in [0.05, 0.1) is 5.56 Å². The van der Waals surface area contributed by atoms with Crippen LogP contribution in [0.2, 0.25) is 0 Å². The van der Waals surface area contributed by atoms with Gasteiger partial charge in [-0.3, -0.25) is 0 Å². The normalized spacial score (nSPS) is 10.1. The number of hydrogen-bond acceptors (Lipinski definition) is 4. The lowest BCUT2D eigenvalue weighted by molar-refractivity contribution is 1.05. The third kappa shape index (κ3) is 2.62. The molecule has 0 amide bonds. The van der Waals surface area contributed by atoms with Gasteiger partial charge < -0.3 is 11.1 Å². The van der Waals surface area contributed by atoms with Crippen LogP contribution >= 0.6 is 12.2 Å². The average Bonchev–Trinajstić information content (AvgIpc) is 2.32. The molecule has 0 bridgehead atoms. The zero-order valence-electron chi connectivity index (χ0n) is 10.3. The molecule has 2 aromatic rings. The van der Waals surface area contributed by atoms with Gasteiger partial charge in [0.2, 0.25) is 0 Å². The summed E-state index contributed by atoms with van der Waals surface area (Å²) in [6.45, 7) is 3.85. The first-order valence-corrected chi connectivity index (χ1v) is 5.95. The van der Waals surface area contributed by atoms with Crippen LogP contribution in [0.3, 0.4) is 0 Å². The second-order valence-corrected chi connectivity index (χ2v) is 4.42. The molecule has 0 aliphatic carbocycles. The third-order valence-corrected chi connectivity index (χ3v) is 2.79. The van der Waals surface area contributed by atoms with Gasteiger partial charge >= 0.3 is 0 Å². The van der Waals surface area contributed by atoms with E-state index >= 15 is 0 Å². The molecule has 0 saturated carbocycles. The number of aromatic nitrogens is 2. The first-order valence-electron chi connectivity index (χ1n) is 5.54. The van der Waals surface area contributed by atoms with E-state index in [0.29, 0.717) is 17.2 Å². The van der Waals surface area contributed by atoms with E-state index < -0.39 is 0 Å². The van der Waals surface area contributed by atoms with Gasteiger partial charge in [0.1, 0.15) is 16.6 Å². The Morgan fingerprint density at radius 3 is 2.67 bits per heavy atom. The van der Waals surface area contributed by atoms with Crippen LogP contribution in [-0.4, -0.2) is 15.0 Å². The van der Waals surface area contributed by atoms with Crippen molar-refractivity contribution < 1.29 is 0 Å². The van der Waals surface area contributed by atoms with Crippen LogP contribution in [0.1, 0.15) is 17.0 Å². The zero-order chi connectivity index (χ0) is 13.1. The standard InChI is InChI=1S/C13H14N4S/c1-8-5-3-4-6-11(8)17-13-10(12(14)18)7-15-9(2)16-13/h3-7H,1-2H3,(H2,14,18)(H,15,16,17). The number of thiocarbonyl (C=S) groups is 1. The summed E-state index contributed by atoms with van der Waals surface area (Å²) in [6.07, 6.45) is 1.64. The van der Waals surface area contributed by atoms with E-state index in [1.165, 1.54) is 0 Å². The summed E-state index contributed by atoms with van der Waals surface area (Å²) < 4.78 is 0. The molecular weight excluding hydrogens is 244 g/mol. The van der Waals surface area contributed by atoms with Gasteiger partial charge in [0.25, 0.3) is 0 Å². The van der Waals surface area contributed by atoms with Crippen molar-refractivity contribution in [3.8, 4) is 0 Å². The summed E-state index contributed by atoms with van der Waals surface area (Å²) in [7, 11) is 0. The first kappa shape index (κ1) is 12.4. The van der Waals surface area contributed by atoms with Crippen molar-refractivity contribution in [1.82, 2.24) is 9.97 Å². The molecule has 0 aliphatic heterocycles. The van der Waals surface area contributed by atoms with Gasteiger partial charge in [-0.15, -0.1) is 0 Å². The van der Waals surface area contributed by atoms with Crippen LogP contribution < -0.4 is 11.1 Å². The molecule has 18 heavy (non-hydrogen) atoms. The first-order chi connectivity index (χ1) is 8.58. The Kier molecular flexibility index (Phi) is 3.53. The number of rotatable bonds is 3. The predicted octanol–water partition coefficient (Wildman–Crippen LogP) is 2.47. The molecule has 3 N–H and O–H groups in total. The topological polar surface area (TPSA) is 63.8 Å². The monoisotopic (exact) mass is 258 g/mol. The molecule has 0 aliphatic rings. The molecule has 4 nitrogen and oxygen atoms in total. The van der Waals surface area contributed by atoms with Gasteiger partial charge in [-0.25, -0.2) is 9.97 Å². The zero-order valence-corrected chi connectivity index (χ0v) is 11.1. The fraction of sp³-hybridized carbons (Fsp3) is 0.154. The van der Waals surface area contributed by atoms with Gasteiger partial charge in [-0.05, 0) is 25.5 Å². The van der Waals surface area contributed by atoms with Crippen molar-refractivity contribution in [1.29, 1.82) is 0 Å². The minimum atomic E-state index is 0.283. The number of benzene rings is 1. The summed E-state index contributed by atoms with van der Waals surface area (Å²) in [6, 6.07) is 7.96. The molecule has 0 atom stereocenters. The van der Waals surface area contributed by atoms with E-state index in [4.69, 9.17) is 18.0 Å². The molecule has 1 aromatic carbocycles. The highest BCUT2D eigenvalue weighted by Gasteiger charge is 2.09. The molecule has 0 radical (unpaired) electrons. The SMILES string of the molecule is Cc1ncc(C(N)=S)c(Nc2ccccc2C)n1. The van der Waals surface area contributed by atoms with E-state index in [2.05, 4.69) is 15.3 Å². The molecule has 92 valence electrons. The Bertz CT molecular complexity index is 595. The van der Waals surface area contributed by atoms with Gasteiger partial charge in [0.15, 0.2) is 0 Å². The lowest BCUT2D eigenvalue weighted by atomic mass is 10.2. The molecule has 0 fully saturated rings. The minimum Gasteiger partial charge on any atom is -0.389 e. The highest BCUT2D eigenvalue weighted by atomic mass is 32.1. The highest BCUT2D eigenvalue weighted by molar-refractivity contribution is 7.80. The van der Waals surface area contributed by atoms with Crippen molar-refractivity contribution in [2.75, 3.05) is 5.32 Å². The summed E-state index contributed by atoms with van der Waals surface area (Å²) >= 11 is 5.00. The molecule has 0 saturated heterocycles. The Morgan fingerprint density at radius 1 is 1.28 bits per heavy atom. The van der Waals surface area contributed by atoms with E-state index in [1.54, 1.807) is 6.20 Å². The van der Waals surface area contributed by atoms with Crippen molar-refractivity contribution in [2.45, 2.75) is 13.8 Å². The smallest absolute Gasteiger partial charge is 0.144 e. The Morgan fingerprint density at radius 2 is 2.00 bits per heavy atom. The quantitative estimate of drug-likeness (QED) is 0.828. The molecular formula is C13H14N4S. The maximum absolute atomic E-state index is 5.67. The second kappa shape index (κ2) is 5.10. The summed E-state index contributed by atoms with van der Waals surface area (Å²) in [5.74, 6) is 1.32. The van der Waals surface area contributed by atoms with E-state index in [-0.39, 0.29) is 4.99 Å². The molecule has 1 heterocycles. The van der Waals surface area contributed by atoms with Crippen LogP contribution in [0.25, 0.3) is 0 Å². The summed E-state index contributed by atoms with van der Waals surface area (Å²) in [4.78, 5) is 8.73. The lowest BCUT2D eigenvalue weighted by Crippen LogP contribution is -2.14. The van der Waals surface area contributed by atoms with Crippen molar-refractivity contribution >= 4 is 28.7 Å². The van der Waals surface area contributed by atoms with E-state index in [1.807, 2.05) is 38.1 Å². The maximum Gasteiger partial charge on any atom is 0.144 e. The number of nitrogens with two attached hydrogens (primary N) is 1. The Labute approximate surface area is 111 Å². The van der Waals surface area contributed by atoms with Crippen LogP contribution in [-0.2, 0) is 0 Å². The largest absolute Gasteiger partial charge is 0.389 e. The van der Waals surface area contributed by atoms with Crippen LogP contribution in [0.5, 0.6) is 0 Å². The van der Waals surface area contributed by atoms with Gasteiger partial charge in [0, 0.05) is 11.9 Å². The third-order valence-electron chi connectivity index (χ3n) is 2.57. The number of para-hydroxylation sites is 1. The second-order valence-electron chi connectivity index (χ2n) is 3.98. The number of hydrogen-bond donors (Lipinski definition) is 2. The molecule has 0 spiro atoms. The van der Waals surface area contributed by atoms with Crippen LogP contribution in [0, 0.1) is 13.8 Å². The fourth-order valence-corrected chi connectivity index (χ4v) is 1.74.